The van der Waals surface area contributed by atoms with Crippen LogP contribution in [0.3, 0.4) is 0 Å². The van der Waals surface area contributed by atoms with E-state index in [1.54, 1.807) is 0 Å². The molecular formula is C14H21N3O4Si. The summed E-state index contributed by atoms with van der Waals surface area (Å²) in [5.41, 5.74) is 8.83. The molecule has 0 radical (unpaired) electrons. The van der Waals surface area contributed by atoms with Gasteiger partial charge in [0.15, 0.2) is 0 Å². The van der Waals surface area contributed by atoms with Gasteiger partial charge in [-0.05, 0) is 0 Å². The number of aliphatic hydroxyl groups excluding tert-OH is 2. The lowest BCUT2D eigenvalue weighted by molar-refractivity contribution is -0.0458. The molecule has 0 bridgehead atoms. The Balaban J connectivity index is 2.37. The van der Waals surface area contributed by atoms with Gasteiger partial charge < -0.3 is 20.7 Å². The van der Waals surface area contributed by atoms with Crippen molar-refractivity contribution < 1.29 is 14.9 Å². The van der Waals surface area contributed by atoms with Crippen molar-refractivity contribution in [1.82, 2.24) is 9.55 Å². The standard InChI is InChI=1S/C14H21N3O4Si/c1-22(2,3)5-4-9-7-17(14(20)16-13(9)15)12-6-10(19)11(8-18)21-12/h7,10-12,18-19H,6,8H2,1-3H3,(H2,15,16,20)/t10-,11+,12+/m0/s1. The van der Waals surface area contributed by atoms with E-state index >= 15 is 0 Å². The number of aliphatic hydroxyl groups is 2. The number of hydrogen-bond donors (Lipinski definition) is 3. The van der Waals surface area contributed by atoms with Crippen LogP contribution in [0.1, 0.15) is 18.2 Å². The molecule has 1 aromatic rings. The van der Waals surface area contributed by atoms with E-state index in [0.29, 0.717) is 5.56 Å². The second-order valence-electron chi connectivity index (χ2n) is 6.34. The van der Waals surface area contributed by atoms with Gasteiger partial charge in [0.25, 0.3) is 0 Å². The molecule has 22 heavy (non-hydrogen) atoms. The fourth-order valence-corrected chi connectivity index (χ4v) is 2.60. The Kier molecular flexibility index (Phi) is 4.72. The number of hydrogen-bond acceptors (Lipinski definition) is 6. The molecule has 2 rings (SSSR count). The molecule has 3 atom stereocenters. The zero-order valence-corrected chi connectivity index (χ0v) is 13.9. The smallest absolute Gasteiger partial charge is 0.351 e. The lowest BCUT2D eigenvalue weighted by atomic mass is 10.2. The topological polar surface area (TPSA) is 111 Å². The first-order valence-electron chi connectivity index (χ1n) is 7.07. The van der Waals surface area contributed by atoms with E-state index in [9.17, 15) is 9.90 Å². The Morgan fingerprint density at radius 1 is 1.55 bits per heavy atom. The molecule has 1 saturated heterocycles. The summed E-state index contributed by atoms with van der Waals surface area (Å²) >= 11 is 0. The maximum atomic E-state index is 12.0. The summed E-state index contributed by atoms with van der Waals surface area (Å²) in [7, 11) is -1.59. The molecule has 0 amide bonds. The van der Waals surface area contributed by atoms with E-state index in [2.05, 4.69) is 36.1 Å². The van der Waals surface area contributed by atoms with Gasteiger partial charge in [-0.25, -0.2) is 4.79 Å². The molecule has 0 saturated carbocycles. The van der Waals surface area contributed by atoms with Crippen LogP contribution in [0.2, 0.25) is 19.6 Å². The van der Waals surface area contributed by atoms with Crippen LogP contribution in [-0.4, -0.2) is 46.7 Å². The van der Waals surface area contributed by atoms with Crippen molar-refractivity contribution in [3.63, 3.8) is 0 Å². The van der Waals surface area contributed by atoms with Crippen molar-refractivity contribution in [3.8, 4) is 11.5 Å². The highest BCUT2D eigenvalue weighted by atomic mass is 28.3. The van der Waals surface area contributed by atoms with E-state index in [1.165, 1.54) is 10.8 Å². The van der Waals surface area contributed by atoms with E-state index in [-0.39, 0.29) is 18.8 Å². The Morgan fingerprint density at radius 3 is 2.77 bits per heavy atom. The van der Waals surface area contributed by atoms with Crippen molar-refractivity contribution in [2.24, 2.45) is 0 Å². The lowest BCUT2D eigenvalue weighted by Gasteiger charge is -2.15. The first-order chi connectivity index (χ1) is 10.2. The van der Waals surface area contributed by atoms with E-state index in [4.69, 9.17) is 15.6 Å². The fraction of sp³-hybridized carbons (Fsp3) is 0.571. The van der Waals surface area contributed by atoms with Gasteiger partial charge in [-0.1, -0.05) is 25.6 Å². The molecule has 120 valence electrons. The highest BCUT2D eigenvalue weighted by Gasteiger charge is 2.35. The molecule has 0 aromatic carbocycles. The maximum absolute atomic E-state index is 12.0. The molecule has 1 aromatic heterocycles. The molecule has 1 aliphatic rings. The van der Waals surface area contributed by atoms with Crippen LogP contribution in [-0.2, 0) is 4.74 Å². The maximum Gasteiger partial charge on any atom is 0.351 e. The van der Waals surface area contributed by atoms with Gasteiger partial charge >= 0.3 is 5.69 Å². The van der Waals surface area contributed by atoms with Gasteiger partial charge in [0.1, 0.15) is 26.2 Å². The molecule has 1 aliphatic heterocycles. The SMILES string of the molecule is C[Si](C)(C)C#Cc1cn([C@H]2C[C@H](O)[C@@H](CO)O2)c(=O)nc1N. The van der Waals surface area contributed by atoms with Gasteiger partial charge in [0.05, 0.1) is 18.3 Å². The first kappa shape index (κ1) is 16.7. The first-order valence-corrected chi connectivity index (χ1v) is 10.6. The third-order valence-electron chi connectivity index (χ3n) is 3.25. The van der Waals surface area contributed by atoms with Gasteiger partial charge in [-0.3, -0.25) is 4.57 Å². The van der Waals surface area contributed by atoms with Gasteiger partial charge in [-0.2, -0.15) is 4.98 Å². The summed E-state index contributed by atoms with van der Waals surface area (Å²) in [5.74, 6) is 3.06. The van der Waals surface area contributed by atoms with Crippen molar-refractivity contribution in [2.75, 3.05) is 12.3 Å². The predicted octanol–water partition coefficient (Wildman–Crippen LogP) is -0.305. The molecular weight excluding hydrogens is 302 g/mol. The number of nitrogens with two attached hydrogens (primary N) is 1. The highest BCUT2D eigenvalue weighted by molar-refractivity contribution is 6.83. The second-order valence-corrected chi connectivity index (χ2v) is 11.1. The highest BCUT2D eigenvalue weighted by Crippen LogP contribution is 2.27. The number of anilines is 1. The summed E-state index contributed by atoms with van der Waals surface area (Å²) in [6, 6.07) is 0. The van der Waals surface area contributed by atoms with Crippen LogP contribution in [0.15, 0.2) is 11.0 Å². The molecule has 4 N–H and O–H groups in total. The fourth-order valence-electron chi connectivity index (χ4n) is 2.09. The second kappa shape index (κ2) is 6.22. The normalized spacial score (nSPS) is 24.9. The van der Waals surface area contributed by atoms with Crippen LogP contribution in [0.5, 0.6) is 0 Å². The molecule has 0 spiro atoms. The van der Waals surface area contributed by atoms with Crippen LogP contribution in [0.25, 0.3) is 0 Å². The van der Waals surface area contributed by atoms with Crippen molar-refractivity contribution >= 4 is 13.9 Å². The number of nitrogens with zero attached hydrogens (tertiary/aromatic N) is 2. The van der Waals surface area contributed by atoms with Crippen molar-refractivity contribution in [3.05, 3.63) is 22.2 Å². The minimum absolute atomic E-state index is 0.0873. The third kappa shape index (κ3) is 3.75. The van der Waals surface area contributed by atoms with E-state index < -0.39 is 32.2 Å². The summed E-state index contributed by atoms with van der Waals surface area (Å²) in [6.07, 6.45) is -0.492. The lowest BCUT2D eigenvalue weighted by Crippen LogP contribution is -2.29. The zero-order valence-electron chi connectivity index (χ0n) is 12.9. The zero-order chi connectivity index (χ0) is 16.5. The largest absolute Gasteiger partial charge is 0.394 e. The van der Waals surface area contributed by atoms with E-state index in [0.717, 1.165) is 0 Å². The molecule has 7 nitrogen and oxygen atoms in total. The molecule has 8 heteroatoms. The van der Waals surface area contributed by atoms with Crippen LogP contribution in [0.4, 0.5) is 5.82 Å². The molecule has 1 fully saturated rings. The summed E-state index contributed by atoms with van der Waals surface area (Å²) in [4.78, 5) is 15.8. The summed E-state index contributed by atoms with van der Waals surface area (Å²) in [5, 5.41) is 18.9. The molecule has 0 unspecified atom stereocenters. The Bertz CT molecular complexity index is 671. The van der Waals surface area contributed by atoms with Gasteiger partial charge in [-0.15, -0.1) is 5.54 Å². The molecule has 0 aliphatic carbocycles. The minimum Gasteiger partial charge on any atom is -0.394 e. The van der Waals surface area contributed by atoms with Crippen LogP contribution in [0, 0.1) is 11.5 Å². The predicted molar refractivity (Wildman–Crippen MR) is 84.8 cm³/mol. The number of ether oxygens (including phenoxy) is 1. The van der Waals surface area contributed by atoms with Crippen molar-refractivity contribution in [2.45, 2.75) is 44.5 Å². The van der Waals surface area contributed by atoms with E-state index in [1.807, 2.05) is 0 Å². The minimum atomic E-state index is -1.59. The van der Waals surface area contributed by atoms with Crippen molar-refractivity contribution in [1.29, 1.82) is 0 Å². The molecule has 2 heterocycles. The quantitative estimate of drug-likeness (QED) is 0.509. The van der Waals surface area contributed by atoms with Gasteiger partial charge in [0, 0.05) is 12.6 Å². The number of rotatable bonds is 2. The monoisotopic (exact) mass is 323 g/mol. The van der Waals surface area contributed by atoms with Crippen LogP contribution >= 0.6 is 0 Å². The summed E-state index contributed by atoms with van der Waals surface area (Å²) in [6.45, 7) is 5.99. The number of aromatic nitrogens is 2. The Labute approximate surface area is 129 Å². The Hall–Kier alpha value is -1.66. The van der Waals surface area contributed by atoms with Gasteiger partial charge in [0.2, 0.25) is 0 Å². The average Bonchev–Trinajstić information content (AvgIpc) is 2.77. The van der Waals surface area contributed by atoms with Crippen LogP contribution < -0.4 is 11.4 Å². The number of nitrogen functional groups attached to an aromatic ring is 1. The Morgan fingerprint density at radius 2 is 2.23 bits per heavy atom. The average molecular weight is 323 g/mol. The third-order valence-corrected chi connectivity index (χ3v) is 4.12. The summed E-state index contributed by atoms with van der Waals surface area (Å²) < 4.78 is 6.74.